The largest absolute Gasteiger partial charge is 0.465 e. The van der Waals surface area contributed by atoms with E-state index < -0.39 is 0 Å². The van der Waals surface area contributed by atoms with Crippen LogP contribution in [-0.4, -0.2) is 28.5 Å². The highest BCUT2D eigenvalue weighted by Gasteiger charge is 2.10. The number of carbonyl (C=O) groups is 1. The van der Waals surface area contributed by atoms with Gasteiger partial charge in [-0.1, -0.05) is 29.5 Å². The summed E-state index contributed by atoms with van der Waals surface area (Å²) in [7, 11) is 0. The van der Waals surface area contributed by atoms with E-state index in [1.54, 1.807) is 6.92 Å². The summed E-state index contributed by atoms with van der Waals surface area (Å²) in [6, 6.07) is 6.18. The van der Waals surface area contributed by atoms with Crippen molar-refractivity contribution >= 4 is 23.4 Å². The normalized spacial score (nSPS) is 10.5. The molecule has 0 aliphatic heterocycles. The lowest BCUT2D eigenvalue weighted by molar-refractivity contribution is -0.139. The molecule has 6 nitrogen and oxygen atoms in total. The minimum Gasteiger partial charge on any atom is -0.465 e. The number of rotatable bonds is 7. The average Bonchev–Trinajstić information content (AvgIpc) is 2.92. The van der Waals surface area contributed by atoms with Crippen LogP contribution < -0.4 is 5.32 Å². The number of esters is 1. The van der Waals surface area contributed by atoms with Crippen LogP contribution in [0.5, 0.6) is 0 Å². The standard InChI is InChI=1S/C15H19N3O3S/c1-4-20-14(19)9-22-15-18-17-13(21-15)8-16-12-6-5-10(2)7-11(12)3/h5-7,16H,4,8-9H2,1-3H3. The van der Waals surface area contributed by atoms with Gasteiger partial charge in [-0.3, -0.25) is 4.79 Å². The zero-order chi connectivity index (χ0) is 15.9. The van der Waals surface area contributed by atoms with E-state index in [1.165, 1.54) is 17.3 Å². The fourth-order valence-electron chi connectivity index (χ4n) is 1.87. The molecule has 2 aromatic rings. The lowest BCUT2D eigenvalue weighted by Crippen LogP contribution is -2.06. The molecule has 22 heavy (non-hydrogen) atoms. The van der Waals surface area contributed by atoms with Gasteiger partial charge >= 0.3 is 5.97 Å². The second-order valence-corrected chi connectivity index (χ2v) is 5.65. The number of anilines is 1. The van der Waals surface area contributed by atoms with E-state index in [1.807, 2.05) is 19.1 Å². The van der Waals surface area contributed by atoms with Gasteiger partial charge in [-0.25, -0.2) is 0 Å². The van der Waals surface area contributed by atoms with Gasteiger partial charge in [0.2, 0.25) is 5.89 Å². The van der Waals surface area contributed by atoms with Crippen molar-refractivity contribution in [2.45, 2.75) is 32.5 Å². The third-order valence-electron chi connectivity index (χ3n) is 2.88. The van der Waals surface area contributed by atoms with Crippen molar-refractivity contribution in [1.29, 1.82) is 0 Å². The Labute approximate surface area is 133 Å². The van der Waals surface area contributed by atoms with Crippen LogP contribution in [0.3, 0.4) is 0 Å². The van der Waals surface area contributed by atoms with E-state index in [2.05, 4.69) is 28.5 Å². The first kappa shape index (κ1) is 16.4. The number of carbonyl (C=O) groups excluding carboxylic acids is 1. The van der Waals surface area contributed by atoms with E-state index in [0.29, 0.717) is 24.3 Å². The van der Waals surface area contributed by atoms with Gasteiger partial charge in [0.25, 0.3) is 5.22 Å². The molecule has 0 fully saturated rings. The van der Waals surface area contributed by atoms with Gasteiger partial charge in [-0.2, -0.15) is 0 Å². The van der Waals surface area contributed by atoms with Gasteiger partial charge in [0.15, 0.2) is 0 Å². The Morgan fingerprint density at radius 2 is 2.18 bits per heavy atom. The molecular formula is C15H19N3O3S. The molecule has 0 saturated carbocycles. The molecule has 0 saturated heterocycles. The fraction of sp³-hybridized carbons (Fsp3) is 0.400. The molecule has 1 heterocycles. The first-order valence-electron chi connectivity index (χ1n) is 7.00. The third kappa shape index (κ3) is 4.77. The number of nitrogens with zero attached hydrogens (tertiary/aromatic N) is 2. The second kappa shape index (κ2) is 7.84. The second-order valence-electron chi connectivity index (χ2n) is 4.73. The van der Waals surface area contributed by atoms with Crippen molar-refractivity contribution in [3.63, 3.8) is 0 Å². The number of hydrogen-bond acceptors (Lipinski definition) is 7. The summed E-state index contributed by atoms with van der Waals surface area (Å²) in [4.78, 5) is 11.3. The number of thioether (sulfide) groups is 1. The van der Waals surface area contributed by atoms with Gasteiger partial charge < -0.3 is 14.5 Å². The minimum atomic E-state index is -0.291. The fourth-order valence-corrected chi connectivity index (χ4v) is 2.45. The predicted molar refractivity (Wildman–Crippen MR) is 84.9 cm³/mol. The molecule has 0 aliphatic carbocycles. The summed E-state index contributed by atoms with van der Waals surface area (Å²) in [6.07, 6.45) is 0. The molecule has 0 radical (unpaired) electrons. The number of benzene rings is 1. The Hall–Kier alpha value is -2.02. The zero-order valence-corrected chi connectivity index (χ0v) is 13.7. The SMILES string of the molecule is CCOC(=O)CSc1nnc(CNc2ccc(C)cc2C)o1. The predicted octanol–water partition coefficient (Wildman–Crippen LogP) is 2.95. The van der Waals surface area contributed by atoms with Gasteiger partial charge in [-0.15, -0.1) is 10.2 Å². The smallest absolute Gasteiger partial charge is 0.316 e. The van der Waals surface area contributed by atoms with Gasteiger partial charge in [0.05, 0.1) is 13.2 Å². The van der Waals surface area contributed by atoms with Crippen LogP contribution in [-0.2, 0) is 16.1 Å². The van der Waals surface area contributed by atoms with Crippen LogP contribution >= 0.6 is 11.8 Å². The van der Waals surface area contributed by atoms with Crippen LogP contribution in [0.15, 0.2) is 27.8 Å². The molecule has 0 spiro atoms. The van der Waals surface area contributed by atoms with E-state index >= 15 is 0 Å². The molecule has 1 N–H and O–H groups in total. The monoisotopic (exact) mass is 321 g/mol. The topological polar surface area (TPSA) is 77.2 Å². The number of ether oxygens (including phenoxy) is 1. The first-order chi connectivity index (χ1) is 10.6. The summed E-state index contributed by atoms with van der Waals surface area (Å²) in [5.41, 5.74) is 3.42. The highest BCUT2D eigenvalue weighted by molar-refractivity contribution is 7.99. The summed E-state index contributed by atoms with van der Waals surface area (Å²) < 4.78 is 10.3. The van der Waals surface area contributed by atoms with E-state index in [-0.39, 0.29) is 11.7 Å². The summed E-state index contributed by atoms with van der Waals surface area (Å²) >= 11 is 1.17. The Bertz CT molecular complexity index is 643. The van der Waals surface area contributed by atoms with Crippen LogP contribution in [0, 0.1) is 13.8 Å². The minimum absolute atomic E-state index is 0.167. The maximum absolute atomic E-state index is 11.3. The number of hydrogen-bond donors (Lipinski definition) is 1. The molecule has 118 valence electrons. The van der Waals surface area contributed by atoms with Crippen LogP contribution in [0.1, 0.15) is 23.9 Å². The third-order valence-corrected chi connectivity index (χ3v) is 3.67. The Morgan fingerprint density at radius 1 is 1.36 bits per heavy atom. The molecule has 0 atom stereocenters. The van der Waals surface area contributed by atoms with Crippen LogP contribution in [0.2, 0.25) is 0 Å². The Morgan fingerprint density at radius 3 is 2.91 bits per heavy atom. The lowest BCUT2D eigenvalue weighted by Gasteiger charge is -2.07. The van der Waals surface area contributed by atoms with E-state index in [0.717, 1.165) is 11.3 Å². The van der Waals surface area contributed by atoms with Gasteiger partial charge in [-0.05, 0) is 32.4 Å². The van der Waals surface area contributed by atoms with Crippen LogP contribution in [0.25, 0.3) is 0 Å². The number of aryl methyl sites for hydroxylation is 2. The molecule has 0 aliphatic rings. The Balaban J connectivity index is 1.85. The molecule has 1 aromatic heterocycles. The molecule has 0 bridgehead atoms. The summed E-state index contributed by atoms with van der Waals surface area (Å²) in [6.45, 7) is 6.68. The highest BCUT2D eigenvalue weighted by Crippen LogP contribution is 2.19. The molecular weight excluding hydrogens is 302 g/mol. The molecule has 1 aromatic carbocycles. The lowest BCUT2D eigenvalue weighted by atomic mass is 10.1. The maximum atomic E-state index is 11.3. The number of nitrogens with one attached hydrogen (secondary N) is 1. The summed E-state index contributed by atoms with van der Waals surface area (Å²) in [5.74, 6) is 0.354. The van der Waals surface area contributed by atoms with Gasteiger partial charge in [0, 0.05) is 5.69 Å². The molecule has 2 rings (SSSR count). The van der Waals surface area contributed by atoms with E-state index in [4.69, 9.17) is 9.15 Å². The number of aromatic nitrogens is 2. The van der Waals surface area contributed by atoms with Crippen molar-refractivity contribution in [3.8, 4) is 0 Å². The Kier molecular flexibility index (Phi) is 5.83. The van der Waals surface area contributed by atoms with Crippen molar-refractivity contribution in [3.05, 3.63) is 35.2 Å². The first-order valence-corrected chi connectivity index (χ1v) is 7.99. The van der Waals surface area contributed by atoms with E-state index in [9.17, 15) is 4.79 Å². The average molecular weight is 321 g/mol. The van der Waals surface area contributed by atoms with Crippen molar-refractivity contribution in [1.82, 2.24) is 10.2 Å². The van der Waals surface area contributed by atoms with Gasteiger partial charge in [0.1, 0.15) is 5.75 Å². The molecule has 7 heteroatoms. The summed E-state index contributed by atoms with van der Waals surface area (Å²) in [5, 5.41) is 11.5. The maximum Gasteiger partial charge on any atom is 0.316 e. The van der Waals surface area contributed by atoms with Crippen LogP contribution in [0.4, 0.5) is 5.69 Å². The highest BCUT2D eigenvalue weighted by atomic mass is 32.2. The zero-order valence-electron chi connectivity index (χ0n) is 12.9. The van der Waals surface area contributed by atoms with Crippen molar-refractivity contribution in [2.75, 3.05) is 17.7 Å². The van der Waals surface area contributed by atoms with Crippen molar-refractivity contribution < 1.29 is 13.9 Å². The van der Waals surface area contributed by atoms with Crippen molar-refractivity contribution in [2.24, 2.45) is 0 Å². The molecule has 0 unspecified atom stereocenters. The quantitative estimate of drug-likeness (QED) is 0.620. The molecule has 0 amide bonds.